The molecular weight excluding hydrogens is 242 g/mol. The Labute approximate surface area is 115 Å². The van der Waals surface area contributed by atoms with Gasteiger partial charge >= 0.3 is 0 Å². The van der Waals surface area contributed by atoms with Crippen LogP contribution in [0.4, 0.5) is 0 Å². The monoisotopic (exact) mass is 267 g/mol. The summed E-state index contributed by atoms with van der Waals surface area (Å²) in [5.74, 6) is 1.52. The molecule has 0 bridgehead atoms. The summed E-state index contributed by atoms with van der Waals surface area (Å²) in [5, 5.41) is 11.9. The van der Waals surface area contributed by atoms with Gasteiger partial charge in [-0.25, -0.2) is 0 Å². The predicted molar refractivity (Wildman–Crippen MR) is 76.4 cm³/mol. The SMILES string of the molecule is CC(C)CNCc1ccc(OCCOCCO)cc1. The summed E-state index contributed by atoms with van der Waals surface area (Å²) in [6.45, 7) is 7.73. The van der Waals surface area contributed by atoms with Gasteiger partial charge in [0.05, 0.1) is 19.8 Å². The maximum absolute atomic E-state index is 8.55. The number of hydrogen-bond acceptors (Lipinski definition) is 4. The van der Waals surface area contributed by atoms with Gasteiger partial charge in [0.25, 0.3) is 0 Å². The summed E-state index contributed by atoms with van der Waals surface area (Å²) in [6.07, 6.45) is 0. The summed E-state index contributed by atoms with van der Waals surface area (Å²) in [5.41, 5.74) is 1.25. The van der Waals surface area contributed by atoms with Crippen LogP contribution in [0.5, 0.6) is 5.75 Å². The first kappa shape index (κ1) is 16.0. The molecule has 1 aromatic carbocycles. The van der Waals surface area contributed by atoms with Crippen LogP contribution in [-0.4, -0.2) is 38.1 Å². The lowest BCUT2D eigenvalue weighted by molar-refractivity contribution is 0.0705. The average molecular weight is 267 g/mol. The second-order valence-electron chi connectivity index (χ2n) is 4.85. The first-order chi connectivity index (χ1) is 9.22. The molecule has 0 atom stereocenters. The molecule has 0 saturated heterocycles. The first-order valence-electron chi connectivity index (χ1n) is 6.83. The van der Waals surface area contributed by atoms with E-state index in [4.69, 9.17) is 14.6 Å². The van der Waals surface area contributed by atoms with Gasteiger partial charge in [0.1, 0.15) is 12.4 Å². The zero-order chi connectivity index (χ0) is 13.9. The van der Waals surface area contributed by atoms with E-state index in [2.05, 4.69) is 31.3 Å². The van der Waals surface area contributed by atoms with E-state index in [9.17, 15) is 0 Å². The lowest BCUT2D eigenvalue weighted by Crippen LogP contribution is -2.18. The van der Waals surface area contributed by atoms with Crippen molar-refractivity contribution in [3.63, 3.8) is 0 Å². The molecule has 108 valence electrons. The van der Waals surface area contributed by atoms with E-state index in [1.54, 1.807) is 0 Å². The van der Waals surface area contributed by atoms with Gasteiger partial charge in [0, 0.05) is 6.54 Å². The van der Waals surface area contributed by atoms with Crippen LogP contribution in [0.1, 0.15) is 19.4 Å². The number of benzene rings is 1. The van der Waals surface area contributed by atoms with E-state index in [1.807, 2.05) is 12.1 Å². The molecular formula is C15H25NO3. The fraction of sp³-hybridized carbons (Fsp3) is 0.600. The summed E-state index contributed by atoms with van der Waals surface area (Å²) in [7, 11) is 0. The van der Waals surface area contributed by atoms with Crippen LogP contribution in [-0.2, 0) is 11.3 Å². The van der Waals surface area contributed by atoms with Crippen molar-refractivity contribution >= 4 is 0 Å². The number of nitrogens with one attached hydrogen (secondary N) is 1. The number of aliphatic hydroxyl groups is 1. The van der Waals surface area contributed by atoms with Crippen molar-refractivity contribution in [2.75, 3.05) is 33.0 Å². The van der Waals surface area contributed by atoms with Crippen molar-refractivity contribution in [2.45, 2.75) is 20.4 Å². The van der Waals surface area contributed by atoms with Crippen molar-refractivity contribution in [3.05, 3.63) is 29.8 Å². The highest BCUT2D eigenvalue weighted by atomic mass is 16.5. The molecule has 4 nitrogen and oxygen atoms in total. The highest BCUT2D eigenvalue weighted by Gasteiger charge is 1.97. The summed E-state index contributed by atoms with van der Waals surface area (Å²) < 4.78 is 10.6. The first-order valence-corrected chi connectivity index (χ1v) is 6.83. The Kier molecular flexibility index (Phi) is 8.21. The van der Waals surface area contributed by atoms with Crippen LogP contribution in [0.25, 0.3) is 0 Å². The zero-order valence-corrected chi connectivity index (χ0v) is 11.9. The zero-order valence-electron chi connectivity index (χ0n) is 11.9. The van der Waals surface area contributed by atoms with Crippen molar-refractivity contribution in [2.24, 2.45) is 5.92 Å². The Morgan fingerprint density at radius 3 is 2.47 bits per heavy atom. The average Bonchev–Trinajstić information content (AvgIpc) is 2.40. The van der Waals surface area contributed by atoms with Crippen molar-refractivity contribution < 1.29 is 14.6 Å². The molecule has 1 rings (SSSR count). The molecule has 4 heteroatoms. The van der Waals surface area contributed by atoms with Crippen LogP contribution in [0.3, 0.4) is 0 Å². The number of hydrogen-bond donors (Lipinski definition) is 2. The molecule has 0 aliphatic carbocycles. The van der Waals surface area contributed by atoms with E-state index in [0.717, 1.165) is 18.8 Å². The van der Waals surface area contributed by atoms with Gasteiger partial charge in [-0.2, -0.15) is 0 Å². The maximum atomic E-state index is 8.55. The third-order valence-electron chi connectivity index (χ3n) is 2.54. The van der Waals surface area contributed by atoms with Gasteiger partial charge in [0.2, 0.25) is 0 Å². The topological polar surface area (TPSA) is 50.7 Å². The Morgan fingerprint density at radius 1 is 1.11 bits per heavy atom. The minimum absolute atomic E-state index is 0.0536. The van der Waals surface area contributed by atoms with Crippen LogP contribution in [0.15, 0.2) is 24.3 Å². The highest BCUT2D eigenvalue weighted by molar-refractivity contribution is 5.27. The molecule has 0 spiro atoms. The lowest BCUT2D eigenvalue weighted by atomic mass is 10.2. The summed E-state index contributed by atoms with van der Waals surface area (Å²) in [4.78, 5) is 0. The van der Waals surface area contributed by atoms with Gasteiger partial charge in [-0.3, -0.25) is 0 Å². The molecule has 0 aliphatic rings. The summed E-state index contributed by atoms with van der Waals surface area (Å²) in [6, 6.07) is 8.07. The Morgan fingerprint density at radius 2 is 1.84 bits per heavy atom. The fourth-order valence-corrected chi connectivity index (χ4v) is 1.59. The molecule has 0 aromatic heterocycles. The standard InChI is InChI=1S/C15H25NO3/c1-13(2)11-16-12-14-3-5-15(6-4-14)19-10-9-18-8-7-17/h3-6,13,16-17H,7-12H2,1-2H3. The fourth-order valence-electron chi connectivity index (χ4n) is 1.59. The van der Waals surface area contributed by atoms with Crippen LogP contribution >= 0.6 is 0 Å². The van der Waals surface area contributed by atoms with Crippen LogP contribution in [0, 0.1) is 5.92 Å². The third-order valence-corrected chi connectivity index (χ3v) is 2.54. The molecule has 1 aromatic rings. The van der Waals surface area contributed by atoms with Gasteiger partial charge in [-0.05, 0) is 30.2 Å². The molecule has 0 saturated carbocycles. The predicted octanol–water partition coefficient (Wildman–Crippen LogP) is 1.82. The van der Waals surface area contributed by atoms with Crippen molar-refractivity contribution in [3.8, 4) is 5.75 Å². The van der Waals surface area contributed by atoms with Gasteiger partial charge < -0.3 is 19.9 Å². The van der Waals surface area contributed by atoms with E-state index < -0.39 is 0 Å². The smallest absolute Gasteiger partial charge is 0.119 e. The quantitative estimate of drug-likeness (QED) is 0.635. The molecule has 19 heavy (non-hydrogen) atoms. The van der Waals surface area contributed by atoms with Crippen molar-refractivity contribution in [1.82, 2.24) is 5.32 Å². The molecule has 0 radical (unpaired) electrons. The van der Waals surface area contributed by atoms with Gasteiger partial charge in [0.15, 0.2) is 0 Å². The van der Waals surface area contributed by atoms with E-state index in [0.29, 0.717) is 25.7 Å². The number of rotatable bonds is 10. The molecule has 0 fully saturated rings. The number of ether oxygens (including phenoxy) is 2. The molecule has 0 amide bonds. The second kappa shape index (κ2) is 9.78. The molecule has 0 heterocycles. The van der Waals surface area contributed by atoms with Crippen LogP contribution < -0.4 is 10.1 Å². The molecule has 0 unspecified atom stereocenters. The molecule has 2 N–H and O–H groups in total. The largest absolute Gasteiger partial charge is 0.491 e. The van der Waals surface area contributed by atoms with Crippen LogP contribution in [0.2, 0.25) is 0 Å². The van der Waals surface area contributed by atoms with Gasteiger partial charge in [-0.1, -0.05) is 26.0 Å². The molecule has 0 aliphatic heterocycles. The Hall–Kier alpha value is -1.10. The van der Waals surface area contributed by atoms with E-state index in [1.165, 1.54) is 5.56 Å². The lowest BCUT2D eigenvalue weighted by Gasteiger charge is -2.09. The Balaban J connectivity index is 2.19. The normalized spacial score (nSPS) is 10.9. The minimum Gasteiger partial charge on any atom is -0.491 e. The van der Waals surface area contributed by atoms with Gasteiger partial charge in [-0.15, -0.1) is 0 Å². The second-order valence-corrected chi connectivity index (χ2v) is 4.85. The third kappa shape index (κ3) is 7.82. The minimum atomic E-state index is 0.0536. The van der Waals surface area contributed by atoms with E-state index >= 15 is 0 Å². The highest BCUT2D eigenvalue weighted by Crippen LogP contribution is 2.12. The van der Waals surface area contributed by atoms with E-state index in [-0.39, 0.29) is 6.61 Å². The van der Waals surface area contributed by atoms with Crippen molar-refractivity contribution in [1.29, 1.82) is 0 Å². The summed E-state index contributed by atoms with van der Waals surface area (Å²) >= 11 is 0. The Bertz CT molecular complexity index is 325. The number of aliphatic hydroxyl groups excluding tert-OH is 1. The maximum Gasteiger partial charge on any atom is 0.119 e.